The first-order valence-corrected chi connectivity index (χ1v) is 6.83. The number of nitrogens with one attached hydrogen (secondary N) is 1. The quantitative estimate of drug-likeness (QED) is 0.796. The van der Waals surface area contributed by atoms with Gasteiger partial charge in [0.15, 0.2) is 5.82 Å². The number of rotatable bonds is 4. The number of aromatic nitrogens is 2. The van der Waals surface area contributed by atoms with Crippen LogP contribution in [0.3, 0.4) is 0 Å². The summed E-state index contributed by atoms with van der Waals surface area (Å²) >= 11 is 0. The summed E-state index contributed by atoms with van der Waals surface area (Å²) in [5, 5.41) is 7.00. The molecule has 110 valence electrons. The predicted molar refractivity (Wildman–Crippen MR) is 75.0 cm³/mol. The minimum atomic E-state index is -0.475. The van der Waals surface area contributed by atoms with Crippen molar-refractivity contribution in [2.75, 3.05) is 11.4 Å². The van der Waals surface area contributed by atoms with E-state index in [0.717, 1.165) is 6.42 Å². The molecule has 2 heterocycles. The van der Waals surface area contributed by atoms with Crippen molar-refractivity contribution in [3.8, 4) is 0 Å². The van der Waals surface area contributed by atoms with Gasteiger partial charge in [-0.15, -0.1) is 0 Å². The van der Waals surface area contributed by atoms with Gasteiger partial charge in [0, 0.05) is 38.3 Å². The van der Waals surface area contributed by atoms with Crippen molar-refractivity contribution in [3.05, 3.63) is 12.3 Å². The maximum atomic E-state index is 12.4. The highest BCUT2D eigenvalue weighted by Crippen LogP contribution is 2.19. The molecule has 0 aliphatic carbocycles. The van der Waals surface area contributed by atoms with Gasteiger partial charge in [-0.3, -0.25) is 19.2 Å². The van der Waals surface area contributed by atoms with Crippen LogP contribution in [0, 0.1) is 0 Å². The van der Waals surface area contributed by atoms with Crippen molar-refractivity contribution < 1.29 is 9.59 Å². The molecule has 1 aliphatic heterocycles. The van der Waals surface area contributed by atoms with Crippen molar-refractivity contribution >= 4 is 17.6 Å². The van der Waals surface area contributed by atoms with Crippen LogP contribution in [0.4, 0.5) is 5.82 Å². The standard InChI is InChI=1S/C13H21N5O2/c1-9(14)8-12(19)15-10-4-3-6-18(13(10)20)11-5-7-17(2)16-11/h5,7,9-10H,3-4,6,8,14H2,1-2H3,(H,15,19). The molecule has 0 saturated carbocycles. The Morgan fingerprint density at radius 2 is 2.40 bits per heavy atom. The molecule has 1 fully saturated rings. The summed E-state index contributed by atoms with van der Waals surface area (Å²) in [7, 11) is 1.81. The number of carbonyl (C=O) groups excluding carboxylic acids is 2. The largest absolute Gasteiger partial charge is 0.344 e. The van der Waals surface area contributed by atoms with Gasteiger partial charge >= 0.3 is 0 Å². The molecule has 3 N–H and O–H groups in total. The highest BCUT2D eigenvalue weighted by atomic mass is 16.2. The topological polar surface area (TPSA) is 93.2 Å². The molecule has 2 rings (SSSR count). The fourth-order valence-electron chi connectivity index (χ4n) is 2.33. The second-order valence-corrected chi connectivity index (χ2v) is 5.28. The molecular weight excluding hydrogens is 258 g/mol. The summed E-state index contributed by atoms with van der Waals surface area (Å²) in [6.07, 6.45) is 3.52. The van der Waals surface area contributed by atoms with E-state index in [1.807, 2.05) is 0 Å². The van der Waals surface area contributed by atoms with Crippen LogP contribution >= 0.6 is 0 Å². The van der Waals surface area contributed by atoms with Crippen LogP contribution in [0.15, 0.2) is 12.3 Å². The van der Waals surface area contributed by atoms with E-state index in [4.69, 9.17) is 5.73 Å². The van der Waals surface area contributed by atoms with Gasteiger partial charge < -0.3 is 11.1 Å². The molecule has 2 unspecified atom stereocenters. The Labute approximate surface area is 118 Å². The second-order valence-electron chi connectivity index (χ2n) is 5.28. The molecule has 1 saturated heterocycles. The van der Waals surface area contributed by atoms with Gasteiger partial charge in [-0.2, -0.15) is 5.10 Å². The molecule has 2 atom stereocenters. The molecule has 1 aromatic heterocycles. The highest BCUT2D eigenvalue weighted by Gasteiger charge is 2.31. The minimum absolute atomic E-state index is 0.104. The number of nitrogens with two attached hydrogens (primary N) is 1. The smallest absolute Gasteiger partial charge is 0.250 e. The third-order valence-corrected chi connectivity index (χ3v) is 3.26. The van der Waals surface area contributed by atoms with Gasteiger partial charge in [0.25, 0.3) is 5.91 Å². The zero-order valence-corrected chi connectivity index (χ0v) is 11.9. The Balaban J connectivity index is 2.01. The first kappa shape index (κ1) is 14.5. The van der Waals surface area contributed by atoms with E-state index in [9.17, 15) is 9.59 Å². The fraction of sp³-hybridized carbons (Fsp3) is 0.615. The number of hydrogen-bond donors (Lipinski definition) is 2. The third kappa shape index (κ3) is 3.36. The highest BCUT2D eigenvalue weighted by molar-refractivity contribution is 5.99. The van der Waals surface area contributed by atoms with Gasteiger partial charge in [0.1, 0.15) is 6.04 Å². The molecule has 0 spiro atoms. The van der Waals surface area contributed by atoms with Gasteiger partial charge in [0.05, 0.1) is 0 Å². The molecular formula is C13H21N5O2. The monoisotopic (exact) mass is 279 g/mol. The zero-order valence-electron chi connectivity index (χ0n) is 11.9. The second kappa shape index (κ2) is 6.04. The van der Waals surface area contributed by atoms with E-state index in [1.54, 1.807) is 35.8 Å². The van der Waals surface area contributed by atoms with E-state index < -0.39 is 6.04 Å². The van der Waals surface area contributed by atoms with E-state index >= 15 is 0 Å². The molecule has 20 heavy (non-hydrogen) atoms. The first-order valence-electron chi connectivity index (χ1n) is 6.83. The Morgan fingerprint density at radius 1 is 1.65 bits per heavy atom. The lowest BCUT2D eigenvalue weighted by Gasteiger charge is -2.31. The lowest BCUT2D eigenvalue weighted by Crippen LogP contribution is -2.53. The van der Waals surface area contributed by atoms with E-state index in [2.05, 4.69) is 10.4 Å². The number of nitrogens with zero attached hydrogens (tertiary/aromatic N) is 3. The Hall–Kier alpha value is -1.89. The summed E-state index contributed by atoms with van der Waals surface area (Å²) in [6, 6.07) is 1.11. The van der Waals surface area contributed by atoms with Crippen LogP contribution in [0.25, 0.3) is 0 Å². The molecule has 0 radical (unpaired) electrons. The van der Waals surface area contributed by atoms with Crippen LogP contribution in [0.1, 0.15) is 26.2 Å². The predicted octanol–water partition coefficient (Wildman–Crippen LogP) is -0.231. The third-order valence-electron chi connectivity index (χ3n) is 3.26. The van der Waals surface area contributed by atoms with Crippen LogP contribution in [0.5, 0.6) is 0 Å². The average Bonchev–Trinajstić information content (AvgIpc) is 2.77. The van der Waals surface area contributed by atoms with Crippen LogP contribution in [-0.2, 0) is 16.6 Å². The lowest BCUT2D eigenvalue weighted by molar-refractivity contribution is -0.128. The van der Waals surface area contributed by atoms with Gasteiger partial charge in [0.2, 0.25) is 5.91 Å². The zero-order chi connectivity index (χ0) is 14.7. The molecule has 7 heteroatoms. The normalized spacial score (nSPS) is 20.9. The number of anilines is 1. The summed E-state index contributed by atoms with van der Waals surface area (Å²) < 4.78 is 1.65. The van der Waals surface area contributed by atoms with Gasteiger partial charge in [-0.25, -0.2) is 0 Å². The van der Waals surface area contributed by atoms with E-state index in [0.29, 0.717) is 18.8 Å². The Kier molecular flexibility index (Phi) is 4.39. The molecule has 0 aromatic carbocycles. The summed E-state index contributed by atoms with van der Waals surface area (Å²) in [5.74, 6) is 0.345. The maximum absolute atomic E-state index is 12.4. The van der Waals surface area contributed by atoms with Crippen LogP contribution in [0.2, 0.25) is 0 Å². The fourth-order valence-corrected chi connectivity index (χ4v) is 2.33. The van der Waals surface area contributed by atoms with Crippen molar-refractivity contribution in [3.63, 3.8) is 0 Å². The molecule has 0 bridgehead atoms. The van der Waals surface area contributed by atoms with Gasteiger partial charge in [-0.05, 0) is 19.8 Å². The number of piperidine rings is 1. The number of carbonyl (C=O) groups is 2. The van der Waals surface area contributed by atoms with Crippen LogP contribution in [-0.4, -0.2) is 40.2 Å². The summed E-state index contributed by atoms with van der Waals surface area (Å²) in [5.41, 5.74) is 5.59. The van der Waals surface area contributed by atoms with Crippen molar-refractivity contribution in [2.24, 2.45) is 12.8 Å². The molecule has 7 nitrogen and oxygen atoms in total. The SMILES string of the molecule is CC(N)CC(=O)NC1CCCN(c2ccn(C)n2)C1=O. The Morgan fingerprint density at radius 3 is 3.00 bits per heavy atom. The maximum Gasteiger partial charge on any atom is 0.250 e. The molecule has 2 amide bonds. The lowest BCUT2D eigenvalue weighted by atomic mass is 10.0. The van der Waals surface area contributed by atoms with Crippen LogP contribution < -0.4 is 16.0 Å². The minimum Gasteiger partial charge on any atom is -0.344 e. The summed E-state index contributed by atoms with van der Waals surface area (Å²) in [6.45, 7) is 2.40. The number of hydrogen-bond acceptors (Lipinski definition) is 4. The van der Waals surface area contributed by atoms with Gasteiger partial charge in [-0.1, -0.05) is 0 Å². The number of amides is 2. The molecule has 1 aliphatic rings. The number of aryl methyl sites for hydroxylation is 1. The summed E-state index contributed by atoms with van der Waals surface area (Å²) in [4.78, 5) is 25.7. The van der Waals surface area contributed by atoms with E-state index in [1.165, 1.54) is 0 Å². The first-order chi connectivity index (χ1) is 9.47. The van der Waals surface area contributed by atoms with E-state index in [-0.39, 0.29) is 24.3 Å². The molecule has 1 aromatic rings. The van der Waals surface area contributed by atoms with Crippen molar-refractivity contribution in [1.29, 1.82) is 0 Å². The van der Waals surface area contributed by atoms with Crippen molar-refractivity contribution in [1.82, 2.24) is 15.1 Å². The van der Waals surface area contributed by atoms with Crippen molar-refractivity contribution in [2.45, 2.75) is 38.3 Å². The average molecular weight is 279 g/mol. The Bertz CT molecular complexity index is 497.